The molecule has 2 saturated carbocycles. The summed E-state index contributed by atoms with van der Waals surface area (Å²) in [5.74, 6) is 0.246. The van der Waals surface area contributed by atoms with Gasteiger partial charge in [-0.2, -0.15) is 0 Å². The zero-order valence-corrected chi connectivity index (χ0v) is 19.7. The lowest BCUT2D eigenvalue weighted by atomic mass is 9.55. The summed E-state index contributed by atoms with van der Waals surface area (Å²) in [5.41, 5.74) is 0.904. The number of likely N-dealkylation sites (tertiary alicyclic amines) is 1. The van der Waals surface area contributed by atoms with E-state index in [0.29, 0.717) is 19.2 Å². The molecule has 1 heterocycles. The standard InChI is InChI=1S/C28H36N2O3/c1-2-33-25-19-24(28(25)15-6-3-7-16-28)29-26(31)21-13-17-30(18-14-21)27(32)23-12-8-10-20-9-4-5-11-22(20)23/h4-5,8-12,21,24-25H,2-3,6-7,13-19H2,1H3,(H,29,31). The largest absolute Gasteiger partial charge is 0.378 e. The molecule has 0 aromatic heterocycles. The number of nitrogens with zero attached hydrogens (tertiary/aromatic N) is 1. The molecule has 5 rings (SSSR count). The molecule has 2 aliphatic carbocycles. The van der Waals surface area contributed by atoms with Crippen molar-refractivity contribution < 1.29 is 14.3 Å². The third-order valence-electron chi connectivity index (χ3n) is 8.43. The van der Waals surface area contributed by atoms with Crippen molar-refractivity contribution in [3.05, 3.63) is 48.0 Å². The van der Waals surface area contributed by atoms with Crippen LogP contribution in [0.5, 0.6) is 0 Å². The number of fused-ring (bicyclic) bond motifs is 1. The molecule has 3 fully saturated rings. The minimum Gasteiger partial charge on any atom is -0.378 e. The lowest BCUT2D eigenvalue weighted by molar-refractivity contribution is -0.159. The molecule has 1 saturated heterocycles. The van der Waals surface area contributed by atoms with E-state index in [2.05, 4.69) is 12.2 Å². The summed E-state index contributed by atoms with van der Waals surface area (Å²) in [6, 6.07) is 14.2. The number of hydrogen-bond acceptors (Lipinski definition) is 3. The van der Waals surface area contributed by atoms with E-state index in [1.165, 1.54) is 32.1 Å². The molecule has 3 aliphatic rings. The second kappa shape index (κ2) is 9.46. The smallest absolute Gasteiger partial charge is 0.254 e. The third-order valence-corrected chi connectivity index (χ3v) is 8.43. The van der Waals surface area contributed by atoms with Crippen molar-refractivity contribution in [1.29, 1.82) is 0 Å². The number of benzene rings is 2. The van der Waals surface area contributed by atoms with E-state index in [9.17, 15) is 9.59 Å². The fourth-order valence-electron chi connectivity index (χ4n) is 6.48. The van der Waals surface area contributed by atoms with Crippen LogP contribution in [-0.4, -0.2) is 48.6 Å². The summed E-state index contributed by atoms with van der Waals surface area (Å²) in [6.45, 7) is 4.08. The van der Waals surface area contributed by atoms with E-state index < -0.39 is 0 Å². The summed E-state index contributed by atoms with van der Waals surface area (Å²) >= 11 is 0. The molecular formula is C28H36N2O3. The van der Waals surface area contributed by atoms with Crippen LogP contribution in [0.15, 0.2) is 42.5 Å². The normalized spacial score (nSPS) is 25.1. The van der Waals surface area contributed by atoms with Gasteiger partial charge in [0.2, 0.25) is 5.91 Å². The molecule has 1 aliphatic heterocycles. The van der Waals surface area contributed by atoms with Gasteiger partial charge in [0.05, 0.1) is 6.10 Å². The van der Waals surface area contributed by atoms with E-state index in [4.69, 9.17) is 4.74 Å². The second-order valence-electron chi connectivity index (χ2n) is 10.1. The molecule has 2 aromatic rings. The maximum absolute atomic E-state index is 13.2. The number of carbonyl (C=O) groups is 2. The van der Waals surface area contributed by atoms with Gasteiger partial charge in [-0.15, -0.1) is 0 Å². The summed E-state index contributed by atoms with van der Waals surface area (Å²) in [6.07, 6.45) is 8.82. The van der Waals surface area contributed by atoms with Crippen LogP contribution in [0.4, 0.5) is 0 Å². The number of carbonyl (C=O) groups excluding carboxylic acids is 2. The zero-order chi connectivity index (χ0) is 22.8. The second-order valence-corrected chi connectivity index (χ2v) is 10.1. The number of rotatable bonds is 5. The number of piperidine rings is 1. The molecule has 5 nitrogen and oxygen atoms in total. The highest BCUT2D eigenvalue weighted by Crippen LogP contribution is 2.53. The summed E-state index contributed by atoms with van der Waals surface area (Å²) in [5, 5.41) is 5.49. The van der Waals surface area contributed by atoms with E-state index in [1.54, 1.807) is 0 Å². The van der Waals surface area contributed by atoms with Crippen LogP contribution in [0, 0.1) is 11.3 Å². The fraction of sp³-hybridized carbons (Fsp3) is 0.571. The van der Waals surface area contributed by atoms with Crippen LogP contribution in [0.3, 0.4) is 0 Å². The van der Waals surface area contributed by atoms with Crippen LogP contribution in [-0.2, 0) is 9.53 Å². The Hall–Kier alpha value is -2.40. The minimum absolute atomic E-state index is 0.00616. The van der Waals surface area contributed by atoms with Crippen molar-refractivity contribution in [2.75, 3.05) is 19.7 Å². The quantitative estimate of drug-likeness (QED) is 0.705. The van der Waals surface area contributed by atoms with E-state index in [0.717, 1.165) is 42.2 Å². The van der Waals surface area contributed by atoms with Gasteiger partial charge in [-0.25, -0.2) is 0 Å². The van der Waals surface area contributed by atoms with Gasteiger partial charge in [0.25, 0.3) is 5.91 Å². The average Bonchev–Trinajstić information content (AvgIpc) is 2.88. The minimum atomic E-state index is -0.00616. The van der Waals surface area contributed by atoms with Crippen LogP contribution in [0.1, 0.15) is 68.6 Å². The summed E-state index contributed by atoms with van der Waals surface area (Å²) < 4.78 is 6.05. The molecule has 0 radical (unpaired) electrons. The Labute approximate surface area is 196 Å². The Morgan fingerprint density at radius 3 is 2.52 bits per heavy atom. The molecule has 2 unspecified atom stereocenters. The third kappa shape index (κ3) is 4.16. The van der Waals surface area contributed by atoms with Gasteiger partial charge in [0.15, 0.2) is 0 Å². The van der Waals surface area contributed by atoms with E-state index in [-0.39, 0.29) is 29.2 Å². The molecule has 2 atom stereocenters. The molecule has 5 heteroatoms. The van der Waals surface area contributed by atoms with Gasteiger partial charge in [0, 0.05) is 42.6 Å². The monoisotopic (exact) mass is 448 g/mol. The Morgan fingerprint density at radius 1 is 1.03 bits per heavy atom. The van der Waals surface area contributed by atoms with Gasteiger partial charge in [-0.1, -0.05) is 55.7 Å². The highest BCUT2D eigenvalue weighted by atomic mass is 16.5. The van der Waals surface area contributed by atoms with Gasteiger partial charge in [0.1, 0.15) is 0 Å². The molecule has 176 valence electrons. The first-order valence-corrected chi connectivity index (χ1v) is 12.8. The Balaban J connectivity index is 1.19. The van der Waals surface area contributed by atoms with Crippen molar-refractivity contribution in [1.82, 2.24) is 10.2 Å². The molecular weight excluding hydrogens is 412 g/mol. The topological polar surface area (TPSA) is 58.6 Å². The highest BCUT2D eigenvalue weighted by molar-refractivity contribution is 6.07. The van der Waals surface area contributed by atoms with Crippen LogP contribution >= 0.6 is 0 Å². The Kier molecular flexibility index (Phi) is 6.42. The Bertz CT molecular complexity index is 1000. The molecule has 2 amide bonds. The molecule has 1 spiro atoms. The predicted molar refractivity (Wildman–Crippen MR) is 130 cm³/mol. The van der Waals surface area contributed by atoms with E-state index >= 15 is 0 Å². The number of ether oxygens (including phenoxy) is 1. The lowest BCUT2D eigenvalue weighted by Crippen LogP contribution is -2.66. The van der Waals surface area contributed by atoms with Crippen LogP contribution in [0.2, 0.25) is 0 Å². The lowest BCUT2D eigenvalue weighted by Gasteiger charge is -2.57. The Morgan fingerprint density at radius 2 is 1.76 bits per heavy atom. The zero-order valence-electron chi connectivity index (χ0n) is 19.7. The molecule has 0 bridgehead atoms. The molecule has 1 N–H and O–H groups in total. The average molecular weight is 449 g/mol. The highest BCUT2D eigenvalue weighted by Gasteiger charge is 2.56. The maximum atomic E-state index is 13.2. The van der Waals surface area contributed by atoms with Crippen LogP contribution < -0.4 is 5.32 Å². The summed E-state index contributed by atoms with van der Waals surface area (Å²) in [7, 11) is 0. The van der Waals surface area contributed by atoms with Gasteiger partial charge < -0.3 is 15.0 Å². The van der Waals surface area contributed by atoms with Crippen molar-refractivity contribution in [2.45, 2.75) is 70.4 Å². The summed E-state index contributed by atoms with van der Waals surface area (Å²) in [4.78, 5) is 28.3. The first-order chi connectivity index (χ1) is 16.1. The number of amides is 2. The fourth-order valence-corrected chi connectivity index (χ4v) is 6.48. The molecule has 33 heavy (non-hydrogen) atoms. The van der Waals surface area contributed by atoms with Crippen molar-refractivity contribution >= 4 is 22.6 Å². The van der Waals surface area contributed by atoms with Crippen molar-refractivity contribution in [3.8, 4) is 0 Å². The van der Waals surface area contributed by atoms with Gasteiger partial charge in [-0.3, -0.25) is 9.59 Å². The van der Waals surface area contributed by atoms with Crippen molar-refractivity contribution in [3.63, 3.8) is 0 Å². The number of nitrogens with one attached hydrogen (secondary N) is 1. The first kappa shape index (κ1) is 22.4. The van der Waals surface area contributed by atoms with Gasteiger partial charge in [-0.05, 0) is 55.9 Å². The van der Waals surface area contributed by atoms with E-state index in [1.807, 2.05) is 47.4 Å². The van der Waals surface area contributed by atoms with Crippen LogP contribution in [0.25, 0.3) is 10.8 Å². The predicted octanol–water partition coefficient (Wildman–Crippen LogP) is 4.94. The maximum Gasteiger partial charge on any atom is 0.254 e. The number of hydrogen-bond donors (Lipinski definition) is 1. The first-order valence-electron chi connectivity index (χ1n) is 12.8. The SMILES string of the molecule is CCOC1CC(NC(=O)C2CCN(C(=O)c3cccc4ccccc34)CC2)C12CCCCC2. The van der Waals surface area contributed by atoms with Gasteiger partial charge >= 0.3 is 0 Å². The molecule has 2 aromatic carbocycles. The van der Waals surface area contributed by atoms with Crippen molar-refractivity contribution in [2.24, 2.45) is 11.3 Å².